The Kier molecular flexibility index (Phi) is 40.1. The van der Waals surface area contributed by atoms with E-state index >= 15 is 0 Å². The number of furan rings is 1. The van der Waals surface area contributed by atoms with Gasteiger partial charge in [-0.2, -0.15) is 48.3 Å². The van der Waals surface area contributed by atoms with Gasteiger partial charge in [-0.25, -0.2) is 13.8 Å². The molecule has 0 saturated carbocycles. The van der Waals surface area contributed by atoms with Crippen molar-refractivity contribution in [2.24, 2.45) is 17.3 Å². The number of ketones is 1. The number of thiophene rings is 1. The van der Waals surface area contributed by atoms with E-state index in [0.717, 1.165) is 110 Å². The molecule has 2 saturated heterocycles. The lowest BCUT2D eigenvalue weighted by Gasteiger charge is -2.37. The Morgan fingerprint density at radius 2 is 0.937 bits per heavy atom. The first-order valence-corrected chi connectivity index (χ1v) is 44.5. The highest BCUT2D eigenvalue weighted by Crippen LogP contribution is 2.44. The molecule has 10 nitrogen and oxygen atoms in total. The van der Waals surface area contributed by atoms with Crippen LogP contribution in [0, 0.1) is 126 Å². The van der Waals surface area contributed by atoms with E-state index in [2.05, 4.69) is 138 Å². The van der Waals surface area contributed by atoms with Crippen LogP contribution in [0.15, 0.2) is 166 Å². The minimum absolute atomic E-state index is 0.0191. The summed E-state index contributed by atoms with van der Waals surface area (Å²) in [6.45, 7) is 43.0. The molecule has 0 bridgehead atoms. The van der Waals surface area contributed by atoms with Crippen molar-refractivity contribution in [1.29, 1.82) is 0 Å². The highest BCUT2D eigenvalue weighted by atomic mass is 32.1. The second-order valence-electron chi connectivity index (χ2n) is 33.5. The molecule has 4 aliphatic heterocycles. The van der Waals surface area contributed by atoms with Crippen LogP contribution in [-0.4, -0.2) is 83.4 Å². The first kappa shape index (κ1) is 106. The zero-order chi connectivity index (χ0) is 94.3. The van der Waals surface area contributed by atoms with Crippen molar-refractivity contribution in [3.63, 3.8) is 0 Å². The summed E-state index contributed by atoms with van der Waals surface area (Å²) >= 11 is 5.22. The zero-order valence-electron chi connectivity index (χ0n) is 76.8. The van der Waals surface area contributed by atoms with Crippen molar-refractivity contribution in [2.45, 2.75) is 273 Å². The number of hydrogen-bond acceptors (Lipinski definition) is 13. The number of carbonyl (C=O) groups is 1. The largest absolute Gasteiger partial charge is 0.468 e. The molecule has 0 spiro atoms. The average molecular weight is 1820 g/mol. The summed E-state index contributed by atoms with van der Waals surface area (Å²) in [6.07, 6.45) is -7.38. The molecule has 5 unspecified atom stereocenters. The standard InChI is InChI=1S/C15H12O.C15H14.C9H13F3.C9H9NS.C8H8F2.C7H11F3O2.C7H12F2O.C7H10F2O.C7H11FO.C6H8O.C6H8S.C4H6N2S/c1-9-3-5-11-12-6-4-10(2)8-14(12)15(16)13(11)7-9;1-10-3-5-14-12(7-10)9-13-8-11(2)4-6-15(13)14;1-6-3-4-7(2)8(5-6)9(10,11)12;1-6-3-4-8-9(5-6)11-7(2)10-8;1-5-3-4-6(2)8(10)7(5)9;1-5-11-3-6(2,4-12-5)7(8,9)10;2*1-5-3-4-6(2)10-7(5,8)9;1-5-3-4-6(2)9-7(5)8;2*1-5-3-4-6(2)7-5;1-3-5-6-4(2)7-3/h3-8H,1-2H3;3-8H,9H2,1-2H3;6H,3-5H2,1-2H3;3-5H,1-2H3;3-4H,1-2H3;5H,3-4H2,1-2H3;5-6H,3-4H2,1-2H3;3,6H,4H2,1-2H3;6H,3-4H2,1-2H3;2*3-4H,1-2H3;1-2H3. The van der Waals surface area contributed by atoms with Crippen LogP contribution in [0.5, 0.6) is 0 Å². The van der Waals surface area contributed by atoms with Crippen LogP contribution in [0.2, 0.25) is 0 Å². The fraction of sp³-hybridized carbons (Fsp3) is 0.460. The Balaban J connectivity index is 0.000000214. The van der Waals surface area contributed by atoms with Crippen molar-refractivity contribution in [2.75, 3.05) is 13.2 Å². The number of halogens is 13. The Morgan fingerprint density at radius 3 is 1.33 bits per heavy atom. The Bertz CT molecular complexity index is 5030. The molecule has 0 radical (unpaired) electrons. The third-order valence-corrected chi connectivity index (χ3v) is 23.9. The van der Waals surface area contributed by atoms with E-state index in [0.29, 0.717) is 36.0 Å². The molecule has 2 fully saturated rings. The Hall–Kier alpha value is -8.63. The number of thiazole rings is 1. The fourth-order valence-corrected chi connectivity index (χ4v) is 15.7. The van der Waals surface area contributed by atoms with Crippen LogP contribution in [0.25, 0.3) is 32.5 Å². The quantitative estimate of drug-likeness (QED) is 0.107. The van der Waals surface area contributed by atoms with Crippen molar-refractivity contribution in [3.05, 3.63) is 271 Å². The van der Waals surface area contributed by atoms with Crippen LogP contribution < -0.4 is 0 Å². The molecule has 126 heavy (non-hydrogen) atoms. The van der Waals surface area contributed by atoms with Gasteiger partial charge in [0, 0.05) is 37.9 Å². The molecular weight excluding hydrogens is 1700 g/mol. The summed E-state index contributed by atoms with van der Waals surface area (Å²) < 4.78 is 191. The number of fused-ring (bicyclic) bond motifs is 7. The maximum atomic E-state index is 12.6. The maximum Gasteiger partial charge on any atom is 0.412 e. The van der Waals surface area contributed by atoms with E-state index in [1.165, 1.54) is 87.2 Å². The van der Waals surface area contributed by atoms with E-state index in [4.69, 9.17) is 18.6 Å². The third-order valence-electron chi connectivity index (χ3n) is 21.3. The SMILES string of the molecule is CC1=C(C(F)(F)F)CC(C)CC1.CC1=C(F)OC(C)CC1.CC1=CCC(C)OC1(F)F.CC1CCC(C)C(F)(F)O1.CC1OCC(C)(C(F)(F)F)CO1.Cc1ccc(C)c(F)c1F.Cc1ccc(C)o1.Cc1ccc(C)s1.Cc1ccc2c(c1)C(=O)c1cc(C)ccc1-2.Cc1ccc2c(c1)Cc1cc(C)ccc1-2.Cc1ccc2nc(C)sc2c1.Cc1nnc(C)s1. The van der Waals surface area contributed by atoms with Gasteiger partial charge in [-0.05, 0) is 320 Å². The number of alkyl halides is 10. The molecule has 5 atom stereocenters. The number of aryl methyl sites for hydroxylation is 14. The molecule has 3 aliphatic carbocycles. The summed E-state index contributed by atoms with van der Waals surface area (Å²) in [6, 6.07) is 43.0. The van der Waals surface area contributed by atoms with Gasteiger partial charge in [0.2, 0.25) is 0 Å². The normalized spacial score (nSPS) is 20.2. The molecule has 6 aromatic carbocycles. The van der Waals surface area contributed by atoms with Crippen molar-refractivity contribution in [1.82, 2.24) is 15.2 Å². The van der Waals surface area contributed by atoms with Gasteiger partial charge in [-0.1, -0.05) is 127 Å². The van der Waals surface area contributed by atoms with Crippen molar-refractivity contribution in [3.8, 4) is 22.3 Å². The molecule has 17 rings (SSSR count). The molecule has 10 aromatic rings. The average Bonchev–Trinajstić information content (AvgIpc) is 1.61. The van der Waals surface area contributed by atoms with E-state index in [9.17, 15) is 61.9 Å². The van der Waals surface area contributed by atoms with E-state index in [-0.39, 0.29) is 66.8 Å². The Labute approximate surface area is 747 Å². The predicted octanol–water partition coefficient (Wildman–Crippen LogP) is 31.1. The molecule has 0 amide bonds. The number of aromatic nitrogens is 3. The number of benzene rings is 6. The second kappa shape index (κ2) is 47.6. The number of ether oxygens (including phenoxy) is 5. The van der Waals surface area contributed by atoms with Gasteiger partial charge in [0.15, 0.2) is 23.7 Å². The van der Waals surface area contributed by atoms with Crippen molar-refractivity contribution >= 4 is 50.0 Å². The van der Waals surface area contributed by atoms with Gasteiger partial charge >= 0.3 is 24.6 Å². The summed E-state index contributed by atoms with van der Waals surface area (Å²) in [7, 11) is 0. The molecule has 26 heteroatoms. The lowest BCUT2D eigenvalue weighted by atomic mass is 9.85. The minimum Gasteiger partial charge on any atom is -0.468 e. The molecule has 0 N–H and O–H groups in total. The first-order chi connectivity index (χ1) is 58.6. The lowest BCUT2D eigenvalue weighted by Crippen LogP contribution is -2.48. The second-order valence-corrected chi connectivity index (χ2v) is 37.6. The minimum atomic E-state index is -4.26. The number of nitrogens with zero attached hydrogens (tertiary/aromatic N) is 3. The lowest BCUT2D eigenvalue weighted by molar-refractivity contribution is -0.309. The van der Waals surface area contributed by atoms with Crippen LogP contribution in [-0.2, 0) is 30.1 Å². The van der Waals surface area contributed by atoms with Gasteiger partial charge in [0.1, 0.15) is 27.0 Å². The number of allylic oxidation sites excluding steroid dienone is 3. The number of hydrogen-bond donors (Lipinski definition) is 0. The highest BCUT2D eigenvalue weighted by molar-refractivity contribution is 7.18. The smallest absolute Gasteiger partial charge is 0.412 e. The summed E-state index contributed by atoms with van der Waals surface area (Å²) in [5.41, 5.74) is 16.9. The fourth-order valence-electron chi connectivity index (χ4n) is 13.4. The van der Waals surface area contributed by atoms with Gasteiger partial charge < -0.3 is 28.1 Å². The summed E-state index contributed by atoms with van der Waals surface area (Å²) in [5, 5.41) is 10.8. The summed E-state index contributed by atoms with van der Waals surface area (Å²) in [5.74, 6) is 0.224. The molecule has 4 aromatic heterocycles. The first-order valence-electron chi connectivity index (χ1n) is 42.1. The maximum absolute atomic E-state index is 12.6. The Morgan fingerprint density at radius 1 is 0.468 bits per heavy atom. The molecule has 8 heterocycles. The van der Waals surface area contributed by atoms with Crippen LogP contribution in [0.3, 0.4) is 0 Å². The van der Waals surface area contributed by atoms with E-state index < -0.39 is 53.8 Å². The van der Waals surface area contributed by atoms with Gasteiger partial charge in [0.25, 0.3) is 6.01 Å². The number of carbonyl (C=O) groups excluding carboxylic acids is 1. The monoisotopic (exact) mass is 1820 g/mol. The molecular formula is C100H122F13N3O7S3. The molecule has 688 valence electrons. The van der Waals surface area contributed by atoms with Crippen LogP contribution in [0.1, 0.15) is 223 Å². The van der Waals surface area contributed by atoms with E-state index in [1.54, 1.807) is 69.4 Å². The van der Waals surface area contributed by atoms with Crippen LogP contribution >= 0.6 is 34.0 Å². The highest BCUT2D eigenvalue weighted by Gasteiger charge is 2.54. The van der Waals surface area contributed by atoms with Gasteiger partial charge in [0.05, 0.1) is 46.7 Å². The van der Waals surface area contributed by atoms with Crippen molar-refractivity contribution < 1.29 is 90.0 Å². The zero-order valence-corrected chi connectivity index (χ0v) is 79.2. The number of rotatable bonds is 0. The van der Waals surface area contributed by atoms with Gasteiger partial charge in [-0.15, -0.1) is 44.2 Å². The molecule has 7 aliphatic rings. The van der Waals surface area contributed by atoms with Gasteiger partial charge in [-0.3, -0.25) is 4.79 Å². The predicted molar refractivity (Wildman–Crippen MR) is 484 cm³/mol. The topological polar surface area (TPSA) is 115 Å². The summed E-state index contributed by atoms with van der Waals surface area (Å²) in [4.78, 5) is 19.4. The van der Waals surface area contributed by atoms with E-state index in [1.807, 2.05) is 110 Å². The third kappa shape index (κ3) is 33.1. The van der Waals surface area contributed by atoms with Crippen LogP contribution in [0.4, 0.5) is 57.1 Å².